The van der Waals surface area contributed by atoms with E-state index in [0.717, 1.165) is 16.6 Å². The fourth-order valence-corrected chi connectivity index (χ4v) is 2.39. The molecule has 0 bridgehead atoms. The van der Waals surface area contributed by atoms with E-state index in [4.69, 9.17) is 0 Å². The van der Waals surface area contributed by atoms with Gasteiger partial charge in [-0.2, -0.15) is 0 Å². The summed E-state index contributed by atoms with van der Waals surface area (Å²) in [6, 6.07) is 13.5. The van der Waals surface area contributed by atoms with E-state index in [0.29, 0.717) is 11.5 Å². The van der Waals surface area contributed by atoms with E-state index in [1.165, 1.54) is 5.56 Å². The maximum Gasteiger partial charge on any atom is 0.124 e. The van der Waals surface area contributed by atoms with E-state index < -0.39 is 0 Å². The number of para-hydroxylation sites is 1. The lowest BCUT2D eigenvalue weighted by Crippen LogP contribution is -1.92. The first-order chi connectivity index (χ1) is 9.61. The molecule has 0 amide bonds. The quantitative estimate of drug-likeness (QED) is 0.745. The zero-order chi connectivity index (χ0) is 14.5. The predicted molar refractivity (Wildman–Crippen MR) is 88.2 cm³/mol. The molecule has 3 heteroatoms. The molecule has 20 heavy (non-hydrogen) atoms. The minimum absolute atomic E-state index is 0.234. The van der Waals surface area contributed by atoms with Gasteiger partial charge in [0.1, 0.15) is 5.75 Å². The minimum atomic E-state index is 0.234. The molecule has 0 saturated carbocycles. The van der Waals surface area contributed by atoms with Gasteiger partial charge in [-0.1, -0.05) is 48.0 Å². The van der Waals surface area contributed by atoms with Crippen LogP contribution in [0.25, 0.3) is 0 Å². The topological polar surface area (TPSA) is 32.6 Å². The first-order valence-corrected chi connectivity index (χ1v) is 7.52. The van der Waals surface area contributed by atoms with Gasteiger partial charge in [-0.3, -0.25) is 4.99 Å². The average molecular weight is 332 g/mol. The smallest absolute Gasteiger partial charge is 0.124 e. The second kappa shape index (κ2) is 6.71. The summed E-state index contributed by atoms with van der Waals surface area (Å²) < 4.78 is 0.923. The van der Waals surface area contributed by atoms with Crippen LogP contribution in [0.1, 0.15) is 37.3 Å². The van der Waals surface area contributed by atoms with Gasteiger partial charge < -0.3 is 5.11 Å². The molecule has 0 fully saturated rings. The molecular formula is C17H18BrNO. The van der Waals surface area contributed by atoms with Crippen LogP contribution < -0.4 is 0 Å². The lowest BCUT2D eigenvalue weighted by molar-refractivity contribution is 0.474. The van der Waals surface area contributed by atoms with Crippen molar-refractivity contribution in [3.63, 3.8) is 0 Å². The Labute approximate surface area is 128 Å². The van der Waals surface area contributed by atoms with E-state index in [9.17, 15) is 5.11 Å². The molecule has 1 unspecified atom stereocenters. The molecule has 0 heterocycles. The number of phenols is 1. The van der Waals surface area contributed by atoms with Crippen molar-refractivity contribution in [2.24, 2.45) is 4.99 Å². The average Bonchev–Trinajstić information content (AvgIpc) is 2.47. The summed E-state index contributed by atoms with van der Waals surface area (Å²) in [6.07, 6.45) is 2.79. The van der Waals surface area contributed by atoms with Gasteiger partial charge in [-0.25, -0.2) is 0 Å². The Kier molecular flexibility index (Phi) is 4.96. The minimum Gasteiger partial charge on any atom is -0.507 e. The lowest BCUT2D eigenvalue weighted by Gasteiger charge is -2.11. The van der Waals surface area contributed by atoms with E-state index >= 15 is 0 Å². The highest BCUT2D eigenvalue weighted by atomic mass is 79.9. The van der Waals surface area contributed by atoms with Crippen LogP contribution in [0.5, 0.6) is 5.75 Å². The molecule has 0 aromatic heterocycles. The summed E-state index contributed by atoms with van der Waals surface area (Å²) >= 11 is 3.40. The fraction of sp³-hybridized carbons (Fsp3) is 0.235. The highest BCUT2D eigenvalue weighted by molar-refractivity contribution is 9.10. The number of benzene rings is 2. The Morgan fingerprint density at radius 1 is 1.25 bits per heavy atom. The zero-order valence-electron chi connectivity index (χ0n) is 11.7. The molecule has 1 N–H and O–H groups in total. The van der Waals surface area contributed by atoms with Crippen LogP contribution in [0, 0.1) is 0 Å². The van der Waals surface area contributed by atoms with Gasteiger partial charge in [0.15, 0.2) is 0 Å². The second-order valence-electron chi connectivity index (χ2n) is 4.83. The van der Waals surface area contributed by atoms with E-state index in [1.54, 1.807) is 18.3 Å². The highest BCUT2D eigenvalue weighted by Gasteiger charge is 2.07. The van der Waals surface area contributed by atoms with E-state index in [2.05, 4.69) is 40.8 Å². The Morgan fingerprint density at radius 3 is 2.75 bits per heavy atom. The van der Waals surface area contributed by atoms with Crippen molar-refractivity contribution in [2.45, 2.75) is 26.2 Å². The van der Waals surface area contributed by atoms with Gasteiger partial charge in [0.25, 0.3) is 0 Å². The molecule has 0 aliphatic carbocycles. The largest absolute Gasteiger partial charge is 0.507 e. The van der Waals surface area contributed by atoms with Crippen molar-refractivity contribution in [1.82, 2.24) is 0 Å². The number of aliphatic imine (C=N–C) groups is 1. The van der Waals surface area contributed by atoms with Crippen molar-refractivity contribution < 1.29 is 5.11 Å². The van der Waals surface area contributed by atoms with Gasteiger partial charge in [0, 0.05) is 16.3 Å². The number of hydrogen-bond acceptors (Lipinski definition) is 2. The van der Waals surface area contributed by atoms with Crippen molar-refractivity contribution in [3.8, 4) is 5.75 Å². The zero-order valence-corrected chi connectivity index (χ0v) is 13.3. The van der Waals surface area contributed by atoms with Crippen molar-refractivity contribution in [2.75, 3.05) is 0 Å². The maximum absolute atomic E-state index is 9.83. The molecule has 104 valence electrons. The Bertz CT molecular complexity index is 622. The highest BCUT2D eigenvalue weighted by Crippen LogP contribution is 2.29. The second-order valence-corrected chi connectivity index (χ2v) is 5.75. The number of phenolic OH excluding ortho intramolecular Hbond substituents is 1. The van der Waals surface area contributed by atoms with Gasteiger partial charge in [-0.05, 0) is 42.2 Å². The van der Waals surface area contributed by atoms with Gasteiger partial charge in [0.2, 0.25) is 0 Å². The molecule has 0 spiro atoms. The fourth-order valence-electron chi connectivity index (χ4n) is 2.01. The van der Waals surface area contributed by atoms with Crippen LogP contribution in [-0.4, -0.2) is 11.3 Å². The number of halogens is 1. The third-order valence-corrected chi connectivity index (χ3v) is 3.91. The number of nitrogens with zero attached hydrogens (tertiary/aromatic N) is 1. The standard InChI is InChI=1S/C17H18BrNO/c1-3-12(2)15-6-4-5-7-16(15)19-11-13-10-14(18)8-9-17(13)20/h4-12,20H,3H2,1-2H3. The summed E-state index contributed by atoms with van der Waals surface area (Å²) in [4.78, 5) is 4.54. The molecule has 0 aliphatic rings. The molecule has 2 nitrogen and oxygen atoms in total. The van der Waals surface area contributed by atoms with Gasteiger partial charge in [0.05, 0.1) is 5.69 Å². The molecular weight excluding hydrogens is 314 g/mol. The first kappa shape index (κ1) is 14.8. The molecule has 0 saturated heterocycles. The van der Waals surface area contributed by atoms with Crippen LogP contribution in [0.15, 0.2) is 51.9 Å². The Hall–Kier alpha value is -1.61. The van der Waals surface area contributed by atoms with Crippen molar-refractivity contribution >= 4 is 27.8 Å². The van der Waals surface area contributed by atoms with Crippen LogP contribution >= 0.6 is 15.9 Å². The molecule has 2 rings (SSSR count). The van der Waals surface area contributed by atoms with Crippen LogP contribution in [0.3, 0.4) is 0 Å². The van der Waals surface area contributed by atoms with Crippen molar-refractivity contribution in [3.05, 3.63) is 58.1 Å². The maximum atomic E-state index is 9.83. The lowest BCUT2D eigenvalue weighted by atomic mass is 9.97. The van der Waals surface area contributed by atoms with Crippen LogP contribution in [-0.2, 0) is 0 Å². The molecule has 2 aromatic carbocycles. The van der Waals surface area contributed by atoms with Gasteiger partial charge in [-0.15, -0.1) is 0 Å². The third kappa shape index (κ3) is 3.48. The molecule has 0 aliphatic heterocycles. The monoisotopic (exact) mass is 331 g/mol. The predicted octanol–water partition coefficient (Wildman–Crippen LogP) is 5.42. The van der Waals surface area contributed by atoms with Crippen LogP contribution in [0.4, 0.5) is 5.69 Å². The Balaban J connectivity index is 2.34. The first-order valence-electron chi connectivity index (χ1n) is 6.73. The SMILES string of the molecule is CCC(C)c1ccccc1N=Cc1cc(Br)ccc1O. The van der Waals surface area contributed by atoms with E-state index in [1.807, 2.05) is 24.3 Å². The van der Waals surface area contributed by atoms with E-state index in [-0.39, 0.29) is 5.75 Å². The van der Waals surface area contributed by atoms with Gasteiger partial charge >= 0.3 is 0 Å². The molecule has 1 atom stereocenters. The normalized spacial score (nSPS) is 12.8. The summed E-state index contributed by atoms with van der Waals surface area (Å²) in [5, 5.41) is 9.83. The Morgan fingerprint density at radius 2 is 2.00 bits per heavy atom. The molecule has 2 aromatic rings. The summed E-state index contributed by atoms with van der Waals surface area (Å²) in [5.41, 5.74) is 2.90. The summed E-state index contributed by atoms with van der Waals surface area (Å²) in [5.74, 6) is 0.706. The number of rotatable bonds is 4. The number of aromatic hydroxyl groups is 1. The summed E-state index contributed by atoms with van der Waals surface area (Å²) in [7, 11) is 0. The van der Waals surface area contributed by atoms with Crippen LogP contribution in [0.2, 0.25) is 0 Å². The summed E-state index contributed by atoms with van der Waals surface area (Å²) in [6.45, 7) is 4.37. The van der Waals surface area contributed by atoms with Crippen molar-refractivity contribution in [1.29, 1.82) is 0 Å². The molecule has 0 radical (unpaired) electrons. The third-order valence-electron chi connectivity index (χ3n) is 3.41. The number of hydrogen-bond donors (Lipinski definition) is 1.